The van der Waals surface area contributed by atoms with E-state index in [-0.39, 0.29) is 0 Å². The van der Waals surface area contributed by atoms with Gasteiger partial charge in [0.25, 0.3) is 0 Å². The molecule has 3 aliphatic rings. The van der Waals surface area contributed by atoms with E-state index in [0.717, 1.165) is 61.8 Å². The van der Waals surface area contributed by atoms with Crippen LogP contribution in [0.1, 0.15) is 72.3 Å². The van der Waals surface area contributed by atoms with Crippen LogP contribution in [-0.2, 0) is 10.8 Å². The summed E-state index contributed by atoms with van der Waals surface area (Å²) in [6.07, 6.45) is 2.26. The Morgan fingerprint density at radius 1 is 0.317 bits per heavy atom. The number of nitrogens with zero attached hydrogens (tertiary/aromatic N) is 1. The molecule has 0 bridgehead atoms. The lowest BCUT2D eigenvalue weighted by molar-refractivity contribution is 0.767. The third-order valence-electron chi connectivity index (χ3n) is 17.2. The van der Waals surface area contributed by atoms with Gasteiger partial charge in [-0.1, -0.05) is 279 Å². The fourth-order valence-corrected chi connectivity index (χ4v) is 13.7. The summed E-state index contributed by atoms with van der Waals surface area (Å²) in [6.45, 7) is 0. The average molecular weight is 1050 g/mol. The first-order valence-corrected chi connectivity index (χ1v) is 28.2. The molecule has 3 nitrogen and oxygen atoms in total. The molecule has 0 radical (unpaired) electrons. The zero-order chi connectivity index (χ0) is 54.6. The maximum absolute atomic E-state index is 10.2. The van der Waals surface area contributed by atoms with Crippen LogP contribution in [0.4, 0.5) is 17.1 Å². The van der Waals surface area contributed by atoms with Gasteiger partial charge >= 0.3 is 0 Å². The molecule has 12 aromatic rings. The highest BCUT2D eigenvalue weighted by Crippen LogP contribution is 2.60. The van der Waals surface area contributed by atoms with Gasteiger partial charge in [0, 0.05) is 39.5 Å². The second kappa shape index (κ2) is 19.9. The van der Waals surface area contributed by atoms with Crippen LogP contribution in [0.15, 0.2) is 315 Å². The summed E-state index contributed by atoms with van der Waals surface area (Å²) in [5.74, 6) is 0. The van der Waals surface area contributed by atoms with Gasteiger partial charge in [-0.15, -0.1) is 0 Å². The first kappa shape index (κ1) is 48.5. The summed E-state index contributed by atoms with van der Waals surface area (Å²) in [7, 11) is 0. The van der Waals surface area contributed by atoms with E-state index in [1.165, 1.54) is 66.8 Å². The molecule has 1 aliphatic heterocycles. The van der Waals surface area contributed by atoms with Gasteiger partial charge in [-0.3, -0.25) is 5.41 Å². The lowest BCUT2D eigenvalue weighted by Gasteiger charge is -2.36. The molecule has 0 atom stereocenters. The molecule has 12 aromatic carbocycles. The summed E-state index contributed by atoms with van der Waals surface area (Å²) >= 11 is 0. The van der Waals surface area contributed by atoms with Crippen LogP contribution < -0.4 is 10.2 Å². The summed E-state index contributed by atoms with van der Waals surface area (Å²) in [5, 5.41) is 14.1. The minimum Gasteiger partial charge on any atom is -0.354 e. The van der Waals surface area contributed by atoms with Crippen LogP contribution >= 0.6 is 0 Å². The molecule has 15 rings (SSSR count). The Kier molecular flexibility index (Phi) is 11.8. The molecule has 0 amide bonds. The molecule has 0 aromatic heterocycles. The number of anilines is 3. The van der Waals surface area contributed by atoms with E-state index in [0.29, 0.717) is 5.71 Å². The van der Waals surface area contributed by atoms with Gasteiger partial charge in [-0.2, -0.15) is 0 Å². The molecule has 1 heterocycles. The number of hydrogen-bond acceptors (Lipinski definition) is 3. The van der Waals surface area contributed by atoms with Crippen molar-refractivity contribution < 1.29 is 0 Å². The van der Waals surface area contributed by atoms with Gasteiger partial charge in [0.2, 0.25) is 0 Å². The summed E-state index contributed by atoms with van der Waals surface area (Å²) in [5.41, 5.74) is 24.5. The first-order valence-electron chi connectivity index (χ1n) is 28.2. The van der Waals surface area contributed by atoms with Gasteiger partial charge in [-0.05, 0) is 126 Å². The highest BCUT2D eigenvalue weighted by Gasteiger charge is 2.48. The molecule has 386 valence electrons. The number of benzene rings is 12. The minimum atomic E-state index is -0.623. The third-order valence-corrected chi connectivity index (χ3v) is 17.2. The molecule has 3 heteroatoms. The van der Waals surface area contributed by atoms with Crippen LogP contribution in [0.5, 0.6) is 0 Å². The maximum Gasteiger partial charge on any atom is 0.0714 e. The molecular weight excluding hydrogens is 991 g/mol. The van der Waals surface area contributed by atoms with E-state index < -0.39 is 10.8 Å². The Labute approximate surface area is 479 Å². The summed E-state index contributed by atoms with van der Waals surface area (Å²) in [4.78, 5) is 2.48. The fraction of sp³-hybridized carbons (Fsp3) is 0.0253. The lowest BCUT2D eigenvalue weighted by Crippen LogP contribution is -2.29. The topological polar surface area (TPSA) is 39.1 Å². The van der Waals surface area contributed by atoms with Crippen LogP contribution in [-0.4, -0.2) is 5.71 Å². The van der Waals surface area contributed by atoms with Crippen molar-refractivity contribution in [2.75, 3.05) is 4.90 Å². The smallest absolute Gasteiger partial charge is 0.0714 e. The van der Waals surface area contributed by atoms with Crippen molar-refractivity contribution in [3.8, 4) is 22.3 Å². The predicted octanol–water partition coefficient (Wildman–Crippen LogP) is 18.9. The molecular formula is C79H55N3. The van der Waals surface area contributed by atoms with E-state index in [1.807, 2.05) is 36.4 Å². The lowest BCUT2D eigenvalue weighted by atomic mass is 9.67. The van der Waals surface area contributed by atoms with E-state index in [4.69, 9.17) is 0 Å². The standard InChI is InChI=1S/C79H55N3/c80-76(56-30-12-3-13-31-56)75(55-28-10-2-11-29-55)77-69-51-62(45-44-57(69)50-74(81-77)54-26-8-1-9-27-54)82(63-46-48-67-65-40-22-24-42-70(65)78(72(67)52-63,58-32-14-4-15-33-58)59-34-16-5-17-35-59)64-47-49-68-66-41-23-25-43-71(66)79(73(68)53-64,60-36-18-6-19-37-60)61-38-20-7-21-39-61/h1-53,80-81H/b77-75-,80-76?. The zero-order valence-electron chi connectivity index (χ0n) is 45.0. The zero-order valence-corrected chi connectivity index (χ0v) is 45.0. The van der Waals surface area contributed by atoms with Crippen LogP contribution in [0, 0.1) is 5.41 Å². The highest BCUT2D eigenvalue weighted by molar-refractivity contribution is 6.36. The van der Waals surface area contributed by atoms with Gasteiger partial charge < -0.3 is 10.2 Å². The van der Waals surface area contributed by atoms with E-state index >= 15 is 0 Å². The highest BCUT2D eigenvalue weighted by atomic mass is 15.1. The van der Waals surface area contributed by atoms with Crippen molar-refractivity contribution in [3.05, 3.63) is 388 Å². The van der Waals surface area contributed by atoms with Crippen molar-refractivity contribution in [3.63, 3.8) is 0 Å². The molecule has 0 saturated heterocycles. The molecule has 0 unspecified atom stereocenters. The number of rotatable bonds is 11. The van der Waals surface area contributed by atoms with Crippen LogP contribution in [0.3, 0.4) is 0 Å². The van der Waals surface area contributed by atoms with Gasteiger partial charge in [0.15, 0.2) is 0 Å². The molecule has 2 aliphatic carbocycles. The Morgan fingerprint density at radius 3 is 1.15 bits per heavy atom. The largest absolute Gasteiger partial charge is 0.354 e. The first-order chi connectivity index (χ1) is 40.6. The number of allylic oxidation sites excluding steroid dienone is 1. The second-order valence-electron chi connectivity index (χ2n) is 21.5. The van der Waals surface area contributed by atoms with Crippen molar-refractivity contribution in [2.45, 2.75) is 10.8 Å². The molecule has 82 heavy (non-hydrogen) atoms. The normalized spacial score (nSPS) is 14.4. The fourth-order valence-electron chi connectivity index (χ4n) is 13.7. The summed E-state index contributed by atoms with van der Waals surface area (Å²) < 4.78 is 0. The van der Waals surface area contributed by atoms with Crippen molar-refractivity contribution in [1.82, 2.24) is 5.32 Å². The van der Waals surface area contributed by atoms with E-state index in [9.17, 15) is 5.41 Å². The van der Waals surface area contributed by atoms with Crippen molar-refractivity contribution in [1.29, 1.82) is 5.41 Å². The Hall–Kier alpha value is -10.6. The van der Waals surface area contributed by atoms with Gasteiger partial charge in [0.05, 0.1) is 22.2 Å². The summed E-state index contributed by atoms with van der Waals surface area (Å²) in [6, 6.07) is 115. The van der Waals surface area contributed by atoms with Crippen LogP contribution in [0.25, 0.3) is 45.3 Å². The molecule has 0 fully saturated rings. The third kappa shape index (κ3) is 7.62. The SMILES string of the molecule is N=C(/C(=C1\NC(c2ccccc2)=Cc2ccc(N(c3ccc4c(c3)C(c3ccccc3)(c3ccccc3)c3ccccc3-4)c3ccc4c(c3)C(c3ccccc3)(c3ccccc3)c3ccccc3-4)cc21)c1ccccc1)c1ccccc1. The Morgan fingerprint density at radius 2 is 0.683 bits per heavy atom. The molecule has 0 spiro atoms. The number of hydrogen-bond donors (Lipinski definition) is 2. The molecule has 0 saturated carbocycles. The van der Waals surface area contributed by atoms with Crippen molar-refractivity contribution in [2.24, 2.45) is 0 Å². The Balaban J connectivity index is 1.03. The monoisotopic (exact) mass is 1050 g/mol. The maximum atomic E-state index is 10.2. The molecule has 2 N–H and O–H groups in total. The predicted molar refractivity (Wildman–Crippen MR) is 340 cm³/mol. The van der Waals surface area contributed by atoms with Crippen molar-refractivity contribution >= 4 is 45.8 Å². The number of nitrogens with one attached hydrogen (secondary N) is 2. The average Bonchev–Trinajstić information content (AvgIpc) is 4.19. The van der Waals surface area contributed by atoms with E-state index in [2.05, 4.69) is 295 Å². The quantitative estimate of drug-likeness (QED) is 0.127. The minimum absolute atomic E-state index is 0.435. The van der Waals surface area contributed by atoms with Gasteiger partial charge in [0.1, 0.15) is 0 Å². The second-order valence-corrected chi connectivity index (χ2v) is 21.5. The van der Waals surface area contributed by atoms with Gasteiger partial charge in [-0.25, -0.2) is 0 Å². The van der Waals surface area contributed by atoms with E-state index in [1.54, 1.807) is 0 Å². The number of fused-ring (bicyclic) bond motifs is 7. The Bertz CT molecular complexity index is 4190. The van der Waals surface area contributed by atoms with Crippen LogP contribution in [0.2, 0.25) is 0 Å².